The predicted octanol–water partition coefficient (Wildman–Crippen LogP) is 3.06. The second-order valence-corrected chi connectivity index (χ2v) is 6.33. The number of phenolic OH excluding ortho intramolecular Hbond substituents is 2. The van der Waals surface area contributed by atoms with E-state index in [1.165, 1.54) is 23.5 Å². The largest absolute Gasteiger partial charge is 0.504 e. The molecule has 0 amide bonds. The van der Waals surface area contributed by atoms with Crippen LogP contribution in [-0.2, 0) is 0 Å². The maximum Gasteiger partial charge on any atom is 0.205 e. The summed E-state index contributed by atoms with van der Waals surface area (Å²) in [5, 5.41) is 25.5. The number of ether oxygens (including phenoxy) is 2. The van der Waals surface area contributed by atoms with E-state index in [0.29, 0.717) is 21.9 Å². The quantitative estimate of drug-likeness (QED) is 0.522. The van der Waals surface area contributed by atoms with Gasteiger partial charge >= 0.3 is 0 Å². The van der Waals surface area contributed by atoms with Gasteiger partial charge in [-0.2, -0.15) is 5.10 Å². The molecule has 0 unspecified atom stereocenters. The molecule has 0 saturated carbocycles. The van der Waals surface area contributed by atoms with Crippen LogP contribution < -0.4 is 14.3 Å². The Kier molecular flexibility index (Phi) is 5.46. The van der Waals surface area contributed by atoms with Gasteiger partial charge in [-0.1, -0.05) is 0 Å². The fourth-order valence-corrected chi connectivity index (χ4v) is 3.30. The van der Waals surface area contributed by atoms with Crippen molar-refractivity contribution in [3.05, 3.63) is 52.1 Å². The van der Waals surface area contributed by atoms with Gasteiger partial charge in [-0.25, -0.2) is 4.68 Å². The summed E-state index contributed by atoms with van der Waals surface area (Å²) in [7, 11) is 4.90. The Balaban J connectivity index is 2.08. The molecule has 0 atom stereocenters. The number of nitrogens with zero attached hydrogens (tertiary/aromatic N) is 3. The number of thiazole rings is 1. The second kappa shape index (κ2) is 7.96. The lowest BCUT2D eigenvalue weighted by atomic mass is 10.1. The maximum atomic E-state index is 9.65. The topological polar surface area (TPSA) is 88.6 Å². The molecular formula is C19H19N3O4S. The molecule has 3 rings (SSSR count). The van der Waals surface area contributed by atoms with Crippen LogP contribution in [-0.4, -0.2) is 42.4 Å². The van der Waals surface area contributed by atoms with E-state index < -0.39 is 0 Å². The number of hydrogen-bond donors (Lipinski definition) is 2. The summed E-state index contributed by atoms with van der Waals surface area (Å²) in [4.78, 5) is 4.96. The number of methoxy groups -OCH3 is 2. The first kappa shape index (κ1) is 18.5. The third kappa shape index (κ3) is 3.80. The number of phenols is 2. The average Bonchev–Trinajstić information content (AvgIpc) is 3.11. The van der Waals surface area contributed by atoms with E-state index >= 15 is 0 Å². The summed E-state index contributed by atoms with van der Waals surface area (Å²) < 4.78 is 12.4. The molecule has 1 heterocycles. The lowest BCUT2D eigenvalue weighted by Crippen LogP contribution is -2.11. The Morgan fingerprint density at radius 1 is 1.04 bits per heavy atom. The zero-order valence-corrected chi connectivity index (χ0v) is 15.9. The van der Waals surface area contributed by atoms with Crippen molar-refractivity contribution >= 4 is 17.6 Å². The van der Waals surface area contributed by atoms with E-state index in [-0.39, 0.29) is 11.5 Å². The van der Waals surface area contributed by atoms with Crippen molar-refractivity contribution in [1.29, 1.82) is 0 Å². The Morgan fingerprint density at radius 2 is 1.85 bits per heavy atom. The van der Waals surface area contributed by atoms with Crippen LogP contribution in [0.5, 0.6) is 23.0 Å². The summed E-state index contributed by atoms with van der Waals surface area (Å²) in [5.74, 6) is 0.969. The minimum atomic E-state index is -0.202. The minimum Gasteiger partial charge on any atom is -0.504 e. The van der Waals surface area contributed by atoms with Crippen molar-refractivity contribution in [2.24, 2.45) is 10.1 Å². The Labute approximate surface area is 160 Å². The molecule has 0 spiro atoms. The fraction of sp³-hybridized carbons (Fsp3) is 0.158. The average molecular weight is 385 g/mol. The van der Waals surface area contributed by atoms with E-state index in [1.807, 2.05) is 23.6 Å². The van der Waals surface area contributed by atoms with Crippen LogP contribution in [0.3, 0.4) is 0 Å². The van der Waals surface area contributed by atoms with Gasteiger partial charge in [-0.3, -0.25) is 4.99 Å². The van der Waals surface area contributed by atoms with Crippen LogP contribution in [0, 0.1) is 0 Å². The number of rotatable bonds is 5. The van der Waals surface area contributed by atoms with E-state index in [4.69, 9.17) is 9.47 Å². The zero-order valence-electron chi connectivity index (χ0n) is 15.1. The first-order valence-corrected chi connectivity index (χ1v) is 8.87. The van der Waals surface area contributed by atoms with Gasteiger partial charge in [0, 0.05) is 24.1 Å². The molecule has 3 aromatic rings. The fourth-order valence-electron chi connectivity index (χ4n) is 2.50. The molecule has 0 radical (unpaired) electrons. The van der Waals surface area contributed by atoms with Gasteiger partial charge in [-0.15, -0.1) is 11.3 Å². The first-order valence-electron chi connectivity index (χ1n) is 7.99. The van der Waals surface area contributed by atoms with Crippen LogP contribution >= 0.6 is 11.3 Å². The lowest BCUT2D eigenvalue weighted by molar-refractivity contribution is 0.395. The Hall–Kier alpha value is -3.26. The van der Waals surface area contributed by atoms with E-state index in [2.05, 4.69) is 10.1 Å². The highest BCUT2D eigenvalue weighted by atomic mass is 32.1. The molecule has 27 heavy (non-hydrogen) atoms. The molecule has 0 aliphatic heterocycles. The highest BCUT2D eigenvalue weighted by molar-refractivity contribution is 7.07. The van der Waals surface area contributed by atoms with Crippen molar-refractivity contribution < 1.29 is 19.7 Å². The molecule has 140 valence electrons. The van der Waals surface area contributed by atoms with Gasteiger partial charge in [-0.05, 0) is 35.9 Å². The monoisotopic (exact) mass is 385 g/mol. The zero-order chi connectivity index (χ0) is 19.4. The molecule has 0 saturated heterocycles. The highest BCUT2D eigenvalue weighted by Crippen LogP contribution is 2.33. The molecule has 0 aliphatic carbocycles. The van der Waals surface area contributed by atoms with Crippen molar-refractivity contribution in [2.75, 3.05) is 21.3 Å². The van der Waals surface area contributed by atoms with Crippen molar-refractivity contribution in [1.82, 2.24) is 4.68 Å². The third-order valence-electron chi connectivity index (χ3n) is 3.88. The van der Waals surface area contributed by atoms with Crippen LogP contribution in [0.4, 0.5) is 0 Å². The van der Waals surface area contributed by atoms with E-state index in [1.54, 1.807) is 38.2 Å². The highest BCUT2D eigenvalue weighted by Gasteiger charge is 2.13. The number of benzene rings is 2. The molecule has 2 N–H and O–H groups in total. The standard InChI is InChI=1S/C19H19N3O4S/c1-20-19-22(21-10-12-4-7-16(23)17(24)8-12)15(11-27-19)14-6-5-13(25-2)9-18(14)26-3/h4-11,23-24H,1-3H3. The predicted molar refractivity (Wildman–Crippen MR) is 105 cm³/mol. The third-order valence-corrected chi connectivity index (χ3v) is 4.79. The molecule has 1 aromatic heterocycles. The molecule has 0 fully saturated rings. The maximum absolute atomic E-state index is 9.65. The normalized spacial score (nSPS) is 11.9. The van der Waals surface area contributed by atoms with E-state index in [9.17, 15) is 10.2 Å². The van der Waals surface area contributed by atoms with Gasteiger partial charge < -0.3 is 19.7 Å². The van der Waals surface area contributed by atoms with Crippen molar-refractivity contribution in [2.45, 2.75) is 0 Å². The number of aromatic nitrogens is 1. The number of hydrogen-bond acceptors (Lipinski definition) is 7. The first-order chi connectivity index (χ1) is 13.1. The molecule has 0 bridgehead atoms. The van der Waals surface area contributed by atoms with Crippen LogP contribution in [0.2, 0.25) is 0 Å². The van der Waals surface area contributed by atoms with Gasteiger partial charge in [0.1, 0.15) is 11.5 Å². The van der Waals surface area contributed by atoms with Crippen LogP contribution in [0.1, 0.15) is 5.56 Å². The molecular weight excluding hydrogens is 366 g/mol. The number of aromatic hydroxyl groups is 2. The lowest BCUT2D eigenvalue weighted by Gasteiger charge is -2.10. The van der Waals surface area contributed by atoms with Crippen molar-refractivity contribution in [3.63, 3.8) is 0 Å². The van der Waals surface area contributed by atoms with E-state index in [0.717, 1.165) is 11.3 Å². The summed E-state index contributed by atoms with van der Waals surface area (Å²) >= 11 is 1.45. The van der Waals surface area contributed by atoms with Gasteiger partial charge in [0.05, 0.1) is 26.1 Å². The molecule has 8 heteroatoms. The summed E-state index contributed by atoms with van der Waals surface area (Å²) in [6, 6.07) is 10.1. The van der Waals surface area contributed by atoms with Gasteiger partial charge in [0.2, 0.25) is 4.80 Å². The summed E-state index contributed by atoms with van der Waals surface area (Å²) in [6.07, 6.45) is 1.58. The Morgan fingerprint density at radius 3 is 2.52 bits per heavy atom. The van der Waals surface area contributed by atoms with Crippen LogP contribution in [0.25, 0.3) is 11.3 Å². The minimum absolute atomic E-state index is 0.178. The van der Waals surface area contributed by atoms with Crippen LogP contribution in [0.15, 0.2) is 51.9 Å². The SMILES string of the molecule is CN=c1scc(-c2ccc(OC)cc2OC)n1N=Cc1ccc(O)c(O)c1. The van der Waals surface area contributed by atoms with Crippen molar-refractivity contribution in [3.8, 4) is 34.3 Å². The smallest absolute Gasteiger partial charge is 0.205 e. The summed E-state index contributed by atoms with van der Waals surface area (Å²) in [6.45, 7) is 0. The molecule has 7 nitrogen and oxygen atoms in total. The van der Waals surface area contributed by atoms with Gasteiger partial charge in [0.25, 0.3) is 0 Å². The van der Waals surface area contributed by atoms with Gasteiger partial charge in [0.15, 0.2) is 11.5 Å². The molecule has 2 aromatic carbocycles. The molecule has 0 aliphatic rings. The summed E-state index contributed by atoms with van der Waals surface area (Å²) in [5.41, 5.74) is 2.29. The Bertz CT molecular complexity index is 1050. The second-order valence-electron chi connectivity index (χ2n) is 5.50.